The van der Waals surface area contributed by atoms with E-state index in [9.17, 15) is 9.59 Å². The number of amides is 1. The molecule has 0 aliphatic carbocycles. The van der Waals surface area contributed by atoms with Crippen LogP contribution in [0.4, 0.5) is 5.13 Å². The molecule has 162 valence electrons. The number of carbonyl (C=O) groups excluding carboxylic acids is 2. The summed E-state index contributed by atoms with van der Waals surface area (Å²) in [5.74, 6) is -0.677. The number of esters is 1. The van der Waals surface area contributed by atoms with Gasteiger partial charge in [0, 0.05) is 5.39 Å². The zero-order valence-electron chi connectivity index (χ0n) is 18.2. The van der Waals surface area contributed by atoms with Crippen LogP contribution in [0, 0.1) is 27.7 Å². The number of ether oxygens (including phenoxy) is 1. The molecule has 0 aliphatic rings. The highest BCUT2D eigenvalue weighted by molar-refractivity contribution is 8.00. The van der Waals surface area contributed by atoms with Gasteiger partial charge in [0.15, 0.2) is 5.13 Å². The number of pyridine rings is 1. The van der Waals surface area contributed by atoms with Crippen LogP contribution in [0.25, 0.3) is 10.9 Å². The fourth-order valence-electron chi connectivity index (χ4n) is 3.16. The van der Waals surface area contributed by atoms with E-state index in [0.29, 0.717) is 15.7 Å². The van der Waals surface area contributed by atoms with E-state index >= 15 is 0 Å². The number of hydrogen-bond acceptors (Lipinski definition) is 7. The maximum Gasteiger partial charge on any atom is 0.350 e. The minimum Gasteiger partial charge on any atom is -0.457 e. The Balaban J connectivity index is 1.73. The summed E-state index contributed by atoms with van der Waals surface area (Å²) in [5, 5.41) is 4.70. The third-order valence-corrected chi connectivity index (χ3v) is 6.71. The van der Waals surface area contributed by atoms with Gasteiger partial charge in [-0.1, -0.05) is 47.4 Å². The molecule has 8 heteroatoms. The van der Waals surface area contributed by atoms with E-state index in [4.69, 9.17) is 9.72 Å². The third-order valence-electron chi connectivity index (χ3n) is 4.64. The summed E-state index contributed by atoms with van der Waals surface area (Å²) in [4.78, 5) is 34.2. The number of nitrogens with zero attached hydrogens (tertiary/aromatic N) is 2. The molecule has 1 atom stereocenters. The molecule has 1 N–H and O–H groups in total. The Hall–Kier alpha value is -2.71. The Bertz CT molecular complexity index is 1170. The lowest BCUT2D eigenvalue weighted by molar-refractivity contribution is -0.115. The van der Waals surface area contributed by atoms with Crippen LogP contribution >= 0.6 is 23.1 Å². The average molecular weight is 456 g/mol. The lowest BCUT2D eigenvalue weighted by Crippen LogP contribution is -2.22. The van der Waals surface area contributed by atoms with Crippen molar-refractivity contribution < 1.29 is 14.3 Å². The van der Waals surface area contributed by atoms with Gasteiger partial charge in [-0.05, 0) is 57.9 Å². The van der Waals surface area contributed by atoms with Crippen molar-refractivity contribution >= 4 is 51.0 Å². The number of thiazole rings is 1. The predicted octanol–water partition coefficient (Wildman–Crippen LogP) is 5.39. The molecule has 2 heterocycles. The van der Waals surface area contributed by atoms with Crippen molar-refractivity contribution in [3.05, 3.63) is 58.1 Å². The van der Waals surface area contributed by atoms with E-state index < -0.39 is 11.2 Å². The van der Waals surface area contributed by atoms with Gasteiger partial charge in [0.05, 0.1) is 21.5 Å². The van der Waals surface area contributed by atoms with Crippen molar-refractivity contribution in [3.8, 4) is 0 Å². The van der Waals surface area contributed by atoms with Crippen molar-refractivity contribution in [1.82, 2.24) is 9.97 Å². The number of nitrogens with one attached hydrogen (secondary N) is 1. The summed E-state index contributed by atoms with van der Waals surface area (Å²) in [6.07, 6.45) is 1.50. The van der Waals surface area contributed by atoms with Crippen LogP contribution in [0.1, 0.15) is 39.0 Å². The molecular formula is C23H25N3O3S2. The van der Waals surface area contributed by atoms with Crippen LogP contribution in [-0.2, 0) is 9.53 Å². The molecule has 1 aromatic carbocycles. The van der Waals surface area contributed by atoms with Gasteiger partial charge in [-0.2, -0.15) is 0 Å². The first kappa shape index (κ1) is 23.0. The monoisotopic (exact) mass is 455 g/mol. The zero-order chi connectivity index (χ0) is 22.7. The number of rotatable bonds is 7. The summed E-state index contributed by atoms with van der Waals surface area (Å²) in [6.45, 7) is 13.4. The fourth-order valence-corrected chi connectivity index (χ4v) is 4.94. The second-order valence-corrected chi connectivity index (χ2v) is 9.69. The van der Waals surface area contributed by atoms with Crippen molar-refractivity contribution in [3.63, 3.8) is 0 Å². The zero-order valence-corrected chi connectivity index (χ0v) is 19.9. The van der Waals surface area contributed by atoms with E-state index in [-0.39, 0.29) is 12.5 Å². The first-order valence-electron chi connectivity index (χ1n) is 9.81. The quantitative estimate of drug-likeness (QED) is 0.292. The highest BCUT2D eigenvalue weighted by Crippen LogP contribution is 2.30. The van der Waals surface area contributed by atoms with Gasteiger partial charge >= 0.3 is 5.97 Å². The average Bonchev–Trinajstić information content (AvgIpc) is 3.07. The number of benzene rings is 1. The molecular weight excluding hydrogens is 430 g/mol. The highest BCUT2D eigenvalue weighted by Gasteiger charge is 2.21. The van der Waals surface area contributed by atoms with E-state index in [0.717, 1.165) is 38.4 Å². The molecule has 0 radical (unpaired) electrons. The molecule has 1 amide bonds. The molecule has 3 aromatic rings. The number of carbonyl (C=O) groups is 2. The van der Waals surface area contributed by atoms with Crippen molar-refractivity contribution in [2.75, 3.05) is 11.9 Å². The fraction of sp³-hybridized carbons (Fsp3) is 0.304. The molecule has 2 aromatic heterocycles. The van der Waals surface area contributed by atoms with Crippen molar-refractivity contribution in [2.45, 2.75) is 44.9 Å². The van der Waals surface area contributed by atoms with Crippen LogP contribution in [-0.4, -0.2) is 33.7 Å². The van der Waals surface area contributed by atoms with Gasteiger partial charge in [0.2, 0.25) is 5.91 Å². The molecule has 0 spiro atoms. The van der Waals surface area contributed by atoms with E-state index in [2.05, 4.69) is 49.8 Å². The Morgan fingerprint density at radius 1 is 1.19 bits per heavy atom. The Labute approximate surface area is 190 Å². The van der Waals surface area contributed by atoms with Gasteiger partial charge in [0.1, 0.15) is 11.5 Å². The highest BCUT2D eigenvalue weighted by atomic mass is 32.2. The van der Waals surface area contributed by atoms with Crippen LogP contribution < -0.4 is 5.32 Å². The molecule has 1 unspecified atom stereocenters. The second-order valence-electron chi connectivity index (χ2n) is 7.33. The molecule has 3 rings (SSSR count). The van der Waals surface area contributed by atoms with E-state index in [1.807, 2.05) is 13.0 Å². The van der Waals surface area contributed by atoms with E-state index in [1.54, 1.807) is 6.92 Å². The number of anilines is 1. The smallest absolute Gasteiger partial charge is 0.350 e. The van der Waals surface area contributed by atoms with Gasteiger partial charge in [-0.15, -0.1) is 0 Å². The maximum absolute atomic E-state index is 12.7. The number of hydrogen-bond donors (Lipinski definition) is 1. The molecule has 0 saturated heterocycles. The molecule has 0 aliphatic heterocycles. The summed E-state index contributed by atoms with van der Waals surface area (Å²) in [5.41, 5.74) is 4.93. The number of fused-ring (bicyclic) bond motifs is 1. The van der Waals surface area contributed by atoms with Crippen molar-refractivity contribution in [1.29, 1.82) is 0 Å². The van der Waals surface area contributed by atoms with Gasteiger partial charge in [-0.3, -0.25) is 4.79 Å². The summed E-state index contributed by atoms with van der Waals surface area (Å²) >= 11 is 2.49. The number of thioether (sulfide) groups is 1. The molecule has 6 nitrogen and oxygen atoms in total. The van der Waals surface area contributed by atoms with Gasteiger partial charge < -0.3 is 10.1 Å². The Morgan fingerprint density at radius 3 is 2.65 bits per heavy atom. The standard InChI is InChI=1S/C23H25N3O3S2/c1-7-8-29-22(28)20-15(5)24-23(31-20)26-21(27)16(6)30-18-11-13(3)17-10-12(2)9-14(4)19(17)25-18/h7,9-11,16H,1,8H2,2-6H3,(H,24,26,27). The Morgan fingerprint density at radius 2 is 1.94 bits per heavy atom. The minimum absolute atomic E-state index is 0.128. The number of aromatic nitrogens is 2. The topological polar surface area (TPSA) is 81.2 Å². The largest absolute Gasteiger partial charge is 0.457 e. The first-order chi connectivity index (χ1) is 14.7. The summed E-state index contributed by atoms with van der Waals surface area (Å²) < 4.78 is 5.05. The number of aryl methyl sites for hydroxylation is 4. The molecule has 0 fully saturated rings. The summed E-state index contributed by atoms with van der Waals surface area (Å²) in [7, 11) is 0. The van der Waals surface area contributed by atoms with Crippen molar-refractivity contribution in [2.24, 2.45) is 0 Å². The lowest BCUT2D eigenvalue weighted by Gasteiger charge is -2.13. The summed E-state index contributed by atoms with van der Waals surface area (Å²) in [6, 6.07) is 6.26. The predicted molar refractivity (Wildman–Crippen MR) is 127 cm³/mol. The van der Waals surface area contributed by atoms with E-state index in [1.165, 1.54) is 23.4 Å². The SMILES string of the molecule is C=CCOC(=O)c1sc(NC(=O)C(C)Sc2cc(C)c3cc(C)cc(C)c3n2)nc1C. The first-order valence-corrected chi connectivity index (χ1v) is 11.5. The normalized spacial score (nSPS) is 11.9. The maximum atomic E-state index is 12.7. The van der Waals surface area contributed by atoms with Gasteiger partial charge in [0.25, 0.3) is 0 Å². The molecule has 0 saturated carbocycles. The van der Waals surface area contributed by atoms with Crippen LogP contribution in [0.2, 0.25) is 0 Å². The third kappa shape index (κ3) is 5.32. The van der Waals surface area contributed by atoms with Crippen LogP contribution in [0.5, 0.6) is 0 Å². The molecule has 31 heavy (non-hydrogen) atoms. The Kier molecular flexibility index (Phi) is 7.12. The van der Waals surface area contributed by atoms with Gasteiger partial charge in [-0.25, -0.2) is 14.8 Å². The molecule has 0 bridgehead atoms. The second kappa shape index (κ2) is 9.62. The van der Waals surface area contributed by atoms with Crippen LogP contribution in [0.3, 0.4) is 0 Å². The minimum atomic E-state index is -0.473. The lowest BCUT2D eigenvalue weighted by atomic mass is 10.0. The van der Waals surface area contributed by atoms with Crippen LogP contribution in [0.15, 0.2) is 35.9 Å².